The molecule has 0 spiro atoms. The van der Waals surface area contributed by atoms with Gasteiger partial charge in [0.1, 0.15) is 0 Å². The quantitative estimate of drug-likeness (QED) is 0.314. The zero-order chi connectivity index (χ0) is 25.6. The molecule has 0 unspecified atom stereocenters. The van der Waals surface area contributed by atoms with Gasteiger partial charge in [-0.05, 0) is 98.4 Å². The Morgan fingerprint density at radius 3 is 2.51 bits per heavy atom. The van der Waals surface area contributed by atoms with Gasteiger partial charge >= 0.3 is 0 Å². The van der Waals surface area contributed by atoms with Crippen LogP contribution in [0.3, 0.4) is 0 Å². The van der Waals surface area contributed by atoms with Gasteiger partial charge in [-0.15, -0.1) is 0 Å². The SMILES string of the molecule is Cc1ccc(CCCC(C)(C)C)c(N2CCC(COc3cc([C@@H](C)CP(C)(C)=O)ccn3)CC2)c1. The minimum atomic E-state index is -2.06. The number of anilines is 1. The lowest BCUT2D eigenvalue weighted by atomic mass is 9.88. The molecule has 1 aliphatic heterocycles. The second kappa shape index (κ2) is 12.0. The second-order valence-electron chi connectivity index (χ2n) is 12.4. The number of nitrogens with zero attached hydrogens (tertiary/aromatic N) is 2. The van der Waals surface area contributed by atoms with Gasteiger partial charge < -0.3 is 14.2 Å². The molecular formula is C30H47N2O2P. The van der Waals surface area contributed by atoms with Gasteiger partial charge in [-0.25, -0.2) is 4.98 Å². The third-order valence-electron chi connectivity index (χ3n) is 7.08. The maximum Gasteiger partial charge on any atom is 0.213 e. The first-order valence-electron chi connectivity index (χ1n) is 13.4. The molecular weight excluding hydrogens is 451 g/mol. The Kier molecular flexibility index (Phi) is 9.49. The van der Waals surface area contributed by atoms with E-state index in [-0.39, 0.29) is 5.92 Å². The zero-order valence-electron chi connectivity index (χ0n) is 23.1. The molecule has 0 radical (unpaired) electrons. The zero-order valence-corrected chi connectivity index (χ0v) is 24.0. The van der Waals surface area contributed by atoms with Crippen molar-refractivity contribution in [3.8, 4) is 5.88 Å². The lowest BCUT2D eigenvalue weighted by molar-refractivity contribution is 0.216. The molecule has 0 N–H and O–H groups in total. The number of rotatable bonds is 10. The smallest absolute Gasteiger partial charge is 0.213 e. The van der Waals surface area contributed by atoms with E-state index >= 15 is 0 Å². The molecule has 0 aliphatic carbocycles. The van der Waals surface area contributed by atoms with Crippen LogP contribution in [0, 0.1) is 18.3 Å². The molecule has 1 atom stereocenters. The molecule has 5 heteroatoms. The summed E-state index contributed by atoms with van der Waals surface area (Å²) in [6.07, 6.45) is 8.46. The Balaban J connectivity index is 1.53. The first-order chi connectivity index (χ1) is 16.4. The first-order valence-corrected chi connectivity index (χ1v) is 16.2. The molecule has 1 saturated heterocycles. The van der Waals surface area contributed by atoms with Gasteiger partial charge in [0.05, 0.1) is 13.7 Å². The molecule has 1 aromatic heterocycles. The van der Waals surface area contributed by atoms with Crippen LogP contribution in [0.15, 0.2) is 36.5 Å². The van der Waals surface area contributed by atoms with Crippen LogP contribution in [-0.2, 0) is 11.0 Å². The van der Waals surface area contributed by atoms with Crippen molar-refractivity contribution in [1.82, 2.24) is 4.98 Å². The number of aromatic nitrogens is 1. The highest BCUT2D eigenvalue weighted by molar-refractivity contribution is 7.62. The molecule has 35 heavy (non-hydrogen) atoms. The van der Waals surface area contributed by atoms with Crippen molar-refractivity contribution in [2.45, 2.75) is 72.6 Å². The fraction of sp³-hybridized carbons (Fsp3) is 0.633. The number of hydrogen-bond acceptors (Lipinski definition) is 4. The van der Waals surface area contributed by atoms with E-state index in [9.17, 15) is 4.57 Å². The average Bonchev–Trinajstić information content (AvgIpc) is 2.77. The fourth-order valence-electron chi connectivity index (χ4n) is 5.11. The van der Waals surface area contributed by atoms with E-state index in [2.05, 4.69) is 62.7 Å². The van der Waals surface area contributed by atoms with Gasteiger partial charge in [-0.3, -0.25) is 0 Å². The van der Waals surface area contributed by atoms with Crippen LogP contribution in [0.4, 0.5) is 5.69 Å². The fourth-order valence-corrected chi connectivity index (χ4v) is 6.64. The van der Waals surface area contributed by atoms with E-state index in [4.69, 9.17) is 4.74 Å². The molecule has 194 valence electrons. The van der Waals surface area contributed by atoms with Crippen LogP contribution in [0.25, 0.3) is 0 Å². The number of ether oxygens (including phenoxy) is 1. The van der Waals surface area contributed by atoms with Crippen molar-refractivity contribution in [1.29, 1.82) is 0 Å². The lowest BCUT2D eigenvalue weighted by Gasteiger charge is -2.35. The first kappa shape index (κ1) is 27.8. The molecule has 3 rings (SSSR count). The highest BCUT2D eigenvalue weighted by Crippen LogP contribution is 2.41. The van der Waals surface area contributed by atoms with E-state index in [0.29, 0.717) is 30.0 Å². The number of pyridine rings is 1. The topological polar surface area (TPSA) is 42.4 Å². The molecule has 0 saturated carbocycles. The van der Waals surface area contributed by atoms with Gasteiger partial charge in [0, 0.05) is 37.2 Å². The summed E-state index contributed by atoms with van der Waals surface area (Å²) in [5.74, 6) is 1.49. The summed E-state index contributed by atoms with van der Waals surface area (Å²) in [6, 6.07) is 11.0. The molecule has 2 heterocycles. The average molecular weight is 499 g/mol. The van der Waals surface area contributed by atoms with Crippen molar-refractivity contribution in [2.75, 3.05) is 44.1 Å². The van der Waals surface area contributed by atoms with Crippen LogP contribution in [-0.4, -0.2) is 44.2 Å². The lowest BCUT2D eigenvalue weighted by Crippen LogP contribution is -2.36. The van der Waals surface area contributed by atoms with E-state index in [1.807, 2.05) is 31.7 Å². The van der Waals surface area contributed by atoms with Crippen molar-refractivity contribution in [2.24, 2.45) is 11.3 Å². The molecule has 0 amide bonds. The van der Waals surface area contributed by atoms with Crippen molar-refractivity contribution in [3.63, 3.8) is 0 Å². The summed E-state index contributed by atoms with van der Waals surface area (Å²) in [5, 5.41) is 0. The van der Waals surface area contributed by atoms with E-state index in [1.54, 1.807) is 0 Å². The highest BCUT2D eigenvalue weighted by Gasteiger charge is 2.23. The Hall–Kier alpha value is -1.80. The van der Waals surface area contributed by atoms with Gasteiger partial charge in [-0.2, -0.15) is 0 Å². The summed E-state index contributed by atoms with van der Waals surface area (Å²) in [6.45, 7) is 17.9. The van der Waals surface area contributed by atoms with Crippen LogP contribution in [0.2, 0.25) is 0 Å². The monoisotopic (exact) mass is 498 g/mol. The van der Waals surface area contributed by atoms with Crippen LogP contribution >= 0.6 is 7.14 Å². The predicted octanol–water partition coefficient (Wildman–Crippen LogP) is 7.78. The highest BCUT2D eigenvalue weighted by atomic mass is 31.2. The van der Waals surface area contributed by atoms with Crippen molar-refractivity contribution in [3.05, 3.63) is 53.2 Å². The summed E-state index contributed by atoms with van der Waals surface area (Å²) in [5.41, 5.74) is 5.82. The van der Waals surface area contributed by atoms with Crippen LogP contribution in [0.1, 0.15) is 76.0 Å². The molecule has 1 aliphatic rings. The number of aryl methyl sites for hydroxylation is 2. The second-order valence-corrected chi connectivity index (χ2v) is 15.9. The van der Waals surface area contributed by atoms with Gasteiger partial charge in [0.25, 0.3) is 0 Å². The van der Waals surface area contributed by atoms with E-state index < -0.39 is 7.14 Å². The normalized spacial score (nSPS) is 16.4. The molecule has 4 nitrogen and oxygen atoms in total. The minimum absolute atomic E-state index is 0.247. The maximum atomic E-state index is 12.2. The Labute approximate surface area is 214 Å². The summed E-state index contributed by atoms with van der Waals surface area (Å²) < 4.78 is 18.4. The van der Waals surface area contributed by atoms with Gasteiger partial charge in [-0.1, -0.05) is 39.8 Å². The Morgan fingerprint density at radius 1 is 1.14 bits per heavy atom. The Bertz CT molecular complexity index is 1000. The van der Waals surface area contributed by atoms with Crippen LogP contribution < -0.4 is 9.64 Å². The summed E-state index contributed by atoms with van der Waals surface area (Å²) in [7, 11) is -2.06. The van der Waals surface area contributed by atoms with E-state index in [0.717, 1.165) is 37.9 Å². The molecule has 0 bridgehead atoms. The maximum absolute atomic E-state index is 12.2. The number of hydrogen-bond donors (Lipinski definition) is 0. The molecule has 2 aromatic rings. The van der Waals surface area contributed by atoms with Gasteiger partial charge in [0.15, 0.2) is 0 Å². The minimum Gasteiger partial charge on any atom is -0.477 e. The predicted molar refractivity (Wildman–Crippen MR) is 151 cm³/mol. The largest absolute Gasteiger partial charge is 0.477 e. The third kappa shape index (κ3) is 9.30. The van der Waals surface area contributed by atoms with Gasteiger partial charge in [0.2, 0.25) is 5.88 Å². The van der Waals surface area contributed by atoms with Crippen LogP contribution in [0.5, 0.6) is 5.88 Å². The standard InChI is InChI=1S/C30H47N2O2P/c1-23-10-11-26(9-8-15-30(3,4)5)28(19-23)32-17-13-25(14-18-32)21-34-29-20-27(12-16-31-29)24(2)22-35(6,7)33/h10-12,16,19-20,24-25H,8-9,13-15,17-18,21-22H2,1-7H3/t24-/m0/s1. The molecule has 1 aromatic carbocycles. The third-order valence-corrected chi connectivity index (χ3v) is 8.50. The van der Waals surface area contributed by atoms with E-state index in [1.165, 1.54) is 29.7 Å². The summed E-state index contributed by atoms with van der Waals surface area (Å²) in [4.78, 5) is 7.02. The van der Waals surface area contributed by atoms with Crippen molar-refractivity contribution < 1.29 is 9.30 Å². The molecule has 1 fully saturated rings. The Morgan fingerprint density at radius 2 is 1.86 bits per heavy atom. The summed E-state index contributed by atoms with van der Waals surface area (Å²) >= 11 is 0. The number of benzene rings is 1. The number of piperidine rings is 1. The van der Waals surface area contributed by atoms with Crippen molar-refractivity contribution >= 4 is 12.8 Å².